The number of ether oxygens (including phenoxy) is 4. The zero-order valence-electron chi connectivity index (χ0n) is 15.1. The summed E-state index contributed by atoms with van der Waals surface area (Å²) in [5.74, 6) is 0.468. The van der Waals surface area contributed by atoms with Gasteiger partial charge < -0.3 is 18.9 Å². The fourth-order valence-electron chi connectivity index (χ4n) is 3.14. The molecular weight excluding hydrogens is 346 g/mol. The molecule has 2 atom stereocenters. The first-order valence-electron chi connectivity index (χ1n) is 8.32. The monoisotopic (exact) mass is 373 g/mol. The van der Waals surface area contributed by atoms with Gasteiger partial charge in [-0.3, -0.25) is 10.1 Å². The van der Waals surface area contributed by atoms with E-state index < -0.39 is 5.41 Å². The molecule has 1 aromatic rings. The van der Waals surface area contributed by atoms with E-state index in [1.165, 1.54) is 0 Å². The van der Waals surface area contributed by atoms with Gasteiger partial charge in [-0.15, -0.1) is 12.4 Å². The maximum atomic E-state index is 12.9. The summed E-state index contributed by atoms with van der Waals surface area (Å²) in [7, 11) is 3.27. The lowest BCUT2D eigenvalue weighted by Gasteiger charge is -2.39. The van der Waals surface area contributed by atoms with Crippen LogP contribution < -0.4 is 10.1 Å². The van der Waals surface area contributed by atoms with Crippen molar-refractivity contribution in [3.8, 4) is 5.75 Å². The Morgan fingerprint density at radius 3 is 2.72 bits per heavy atom. The van der Waals surface area contributed by atoms with Crippen LogP contribution >= 0.6 is 12.4 Å². The van der Waals surface area contributed by atoms with Gasteiger partial charge in [0.05, 0.1) is 13.2 Å². The Morgan fingerprint density at radius 1 is 1.28 bits per heavy atom. The third-order valence-corrected chi connectivity index (χ3v) is 4.36. The van der Waals surface area contributed by atoms with Gasteiger partial charge in [-0.25, -0.2) is 0 Å². The number of esters is 1. The molecule has 7 heteroatoms. The van der Waals surface area contributed by atoms with E-state index >= 15 is 0 Å². The van der Waals surface area contributed by atoms with Gasteiger partial charge in [0.1, 0.15) is 24.0 Å². The summed E-state index contributed by atoms with van der Waals surface area (Å²) in [5.41, 5.74) is 0.0779. The number of hydrogen-bond acceptors (Lipinski definition) is 6. The topological polar surface area (TPSA) is 66.0 Å². The van der Waals surface area contributed by atoms with Gasteiger partial charge in [-0.1, -0.05) is 18.2 Å². The van der Waals surface area contributed by atoms with Crippen LogP contribution in [0.2, 0.25) is 0 Å². The first kappa shape index (κ1) is 21.7. The second-order valence-corrected chi connectivity index (χ2v) is 5.77. The molecule has 0 amide bonds. The van der Waals surface area contributed by atoms with E-state index in [2.05, 4.69) is 5.32 Å². The summed E-state index contributed by atoms with van der Waals surface area (Å²) in [5, 5.41) is 3.27. The minimum Gasteiger partial charge on any atom is -0.491 e. The largest absolute Gasteiger partial charge is 0.491 e. The van der Waals surface area contributed by atoms with Crippen LogP contribution in [0.15, 0.2) is 24.3 Å². The highest BCUT2D eigenvalue weighted by Crippen LogP contribution is 2.41. The average molecular weight is 374 g/mol. The van der Waals surface area contributed by atoms with Gasteiger partial charge in [-0.2, -0.15) is 0 Å². The van der Waals surface area contributed by atoms with Crippen molar-refractivity contribution >= 4 is 18.4 Å². The van der Waals surface area contributed by atoms with Crippen molar-refractivity contribution < 1.29 is 23.7 Å². The molecule has 0 bridgehead atoms. The lowest BCUT2D eigenvalue weighted by molar-refractivity contribution is -0.154. The van der Waals surface area contributed by atoms with Crippen molar-refractivity contribution in [2.75, 3.05) is 40.6 Å². The average Bonchev–Trinajstić information content (AvgIpc) is 2.62. The van der Waals surface area contributed by atoms with Gasteiger partial charge in [0, 0.05) is 26.2 Å². The van der Waals surface area contributed by atoms with Crippen LogP contribution in [-0.2, 0) is 24.4 Å². The smallest absolute Gasteiger partial charge is 0.316 e. The Hall–Kier alpha value is -1.34. The Kier molecular flexibility index (Phi) is 9.21. The van der Waals surface area contributed by atoms with E-state index in [-0.39, 0.29) is 24.6 Å². The molecule has 0 radical (unpaired) electrons. The molecule has 25 heavy (non-hydrogen) atoms. The quantitative estimate of drug-likeness (QED) is 0.557. The lowest BCUT2D eigenvalue weighted by Crippen LogP contribution is -2.52. The van der Waals surface area contributed by atoms with Crippen molar-refractivity contribution in [3.63, 3.8) is 0 Å². The fourth-order valence-corrected chi connectivity index (χ4v) is 3.14. The van der Waals surface area contributed by atoms with Crippen LogP contribution in [0.4, 0.5) is 0 Å². The SMILES string of the molecule is CCOC(=O)C1(c2ccccc2OCCOC)CCNC(OC)C1.Cl. The van der Waals surface area contributed by atoms with Crippen molar-refractivity contribution in [1.29, 1.82) is 0 Å². The summed E-state index contributed by atoms with van der Waals surface area (Å²) in [6.07, 6.45) is 0.943. The van der Waals surface area contributed by atoms with Crippen LogP contribution in [0.3, 0.4) is 0 Å². The lowest BCUT2D eigenvalue weighted by atomic mass is 9.72. The third-order valence-electron chi connectivity index (χ3n) is 4.36. The van der Waals surface area contributed by atoms with E-state index in [1.807, 2.05) is 31.2 Å². The minimum atomic E-state index is -0.772. The van der Waals surface area contributed by atoms with Crippen molar-refractivity contribution in [1.82, 2.24) is 5.32 Å². The molecule has 2 rings (SSSR count). The van der Waals surface area contributed by atoms with Gasteiger partial charge in [0.2, 0.25) is 0 Å². The van der Waals surface area contributed by atoms with E-state index in [0.717, 1.165) is 5.56 Å². The Bertz CT molecular complexity index is 542. The zero-order chi connectivity index (χ0) is 17.4. The number of methoxy groups -OCH3 is 2. The molecule has 1 saturated heterocycles. The molecule has 2 unspecified atom stereocenters. The van der Waals surface area contributed by atoms with E-state index in [4.69, 9.17) is 18.9 Å². The number of para-hydroxylation sites is 1. The number of benzene rings is 1. The predicted molar refractivity (Wildman–Crippen MR) is 97.4 cm³/mol. The second-order valence-electron chi connectivity index (χ2n) is 5.77. The molecule has 0 aliphatic carbocycles. The fraction of sp³-hybridized carbons (Fsp3) is 0.611. The molecule has 1 fully saturated rings. The standard InChI is InChI=1S/C18H27NO5.ClH/c1-4-23-17(20)18(9-10-19-16(13-18)22-3)14-7-5-6-8-15(14)24-12-11-21-2;/h5-8,16,19H,4,9-13H2,1-3H3;1H. The molecule has 142 valence electrons. The summed E-state index contributed by atoms with van der Waals surface area (Å²) in [6.45, 7) is 3.75. The number of piperidine rings is 1. The molecule has 1 N–H and O–H groups in total. The Morgan fingerprint density at radius 2 is 2.04 bits per heavy atom. The Balaban J connectivity index is 0.00000312. The molecule has 6 nitrogen and oxygen atoms in total. The maximum Gasteiger partial charge on any atom is 0.316 e. The van der Waals surface area contributed by atoms with E-state index in [0.29, 0.717) is 45.0 Å². The van der Waals surface area contributed by atoms with Gasteiger partial charge >= 0.3 is 5.97 Å². The number of halogens is 1. The minimum absolute atomic E-state index is 0. The van der Waals surface area contributed by atoms with Crippen molar-refractivity contribution in [2.45, 2.75) is 31.4 Å². The Labute approximate surface area is 155 Å². The van der Waals surface area contributed by atoms with Crippen LogP contribution in [0.5, 0.6) is 5.75 Å². The molecule has 0 aromatic heterocycles. The van der Waals surface area contributed by atoms with Crippen molar-refractivity contribution in [3.05, 3.63) is 29.8 Å². The molecule has 0 spiro atoms. The first-order valence-corrected chi connectivity index (χ1v) is 8.32. The van der Waals surface area contributed by atoms with Gasteiger partial charge in [0.15, 0.2) is 0 Å². The van der Waals surface area contributed by atoms with Crippen molar-refractivity contribution in [2.24, 2.45) is 0 Å². The summed E-state index contributed by atoms with van der Waals surface area (Å²) < 4.78 is 21.8. The third kappa shape index (κ3) is 5.07. The molecule has 1 aromatic carbocycles. The first-order chi connectivity index (χ1) is 11.7. The molecule has 1 aliphatic rings. The predicted octanol–water partition coefficient (Wildman–Crippen LogP) is 2.29. The number of hydrogen-bond donors (Lipinski definition) is 1. The van der Waals surface area contributed by atoms with Crippen LogP contribution in [0.25, 0.3) is 0 Å². The number of carbonyl (C=O) groups is 1. The number of rotatable bonds is 8. The molecule has 1 heterocycles. The normalized spacial score (nSPS) is 22.8. The van der Waals surface area contributed by atoms with E-state index in [1.54, 1.807) is 14.2 Å². The second kappa shape index (κ2) is 10.6. The van der Waals surface area contributed by atoms with Gasteiger partial charge in [-0.05, 0) is 26.0 Å². The van der Waals surface area contributed by atoms with Crippen LogP contribution in [0, 0.1) is 0 Å². The highest BCUT2D eigenvalue weighted by molar-refractivity contribution is 5.85. The highest BCUT2D eigenvalue weighted by Gasteiger charge is 2.47. The van der Waals surface area contributed by atoms with E-state index in [9.17, 15) is 4.79 Å². The van der Waals surface area contributed by atoms with Crippen LogP contribution in [0.1, 0.15) is 25.3 Å². The molecule has 0 saturated carbocycles. The molecular formula is C18H28ClNO5. The van der Waals surface area contributed by atoms with Gasteiger partial charge in [0.25, 0.3) is 0 Å². The maximum absolute atomic E-state index is 12.9. The summed E-state index contributed by atoms with van der Waals surface area (Å²) in [6, 6.07) is 7.65. The summed E-state index contributed by atoms with van der Waals surface area (Å²) in [4.78, 5) is 12.9. The summed E-state index contributed by atoms with van der Waals surface area (Å²) >= 11 is 0. The number of nitrogens with one attached hydrogen (secondary N) is 1. The number of carbonyl (C=O) groups excluding carboxylic acids is 1. The highest BCUT2D eigenvalue weighted by atomic mass is 35.5. The zero-order valence-corrected chi connectivity index (χ0v) is 15.9. The van der Waals surface area contributed by atoms with Crippen LogP contribution in [-0.4, -0.2) is 52.8 Å². The molecule has 1 aliphatic heterocycles.